The molecule has 1 atom stereocenters. The molecule has 1 aromatic rings. The smallest absolute Gasteiger partial charge is 0.291 e. The number of carbonyl (C=O) groups is 2. The Morgan fingerprint density at radius 1 is 1.29 bits per heavy atom. The van der Waals surface area contributed by atoms with Crippen molar-refractivity contribution in [3.05, 3.63) is 35.9 Å². The molecule has 0 aromatic heterocycles. The molecule has 0 spiro atoms. The van der Waals surface area contributed by atoms with Crippen LogP contribution in [0.3, 0.4) is 0 Å². The quantitative estimate of drug-likeness (QED) is 0.793. The predicted octanol–water partition coefficient (Wildman–Crippen LogP) is 0.296. The second-order valence-corrected chi connectivity index (χ2v) is 6.97. The molecule has 1 heterocycles. The Balaban J connectivity index is 2.10. The monoisotopic (exact) mass is 310 g/mol. The summed E-state index contributed by atoms with van der Waals surface area (Å²) in [6, 6.07) is 8.92. The molecule has 2 rings (SSSR count). The number of ketones is 1. The third kappa shape index (κ3) is 3.48. The van der Waals surface area contributed by atoms with Gasteiger partial charge in [0.05, 0.1) is 0 Å². The van der Waals surface area contributed by atoms with Crippen molar-refractivity contribution in [3.8, 4) is 0 Å². The highest BCUT2D eigenvalue weighted by Gasteiger charge is 2.39. The van der Waals surface area contributed by atoms with E-state index >= 15 is 0 Å². The van der Waals surface area contributed by atoms with Gasteiger partial charge in [-0.3, -0.25) is 9.59 Å². The molecule has 21 heavy (non-hydrogen) atoms. The van der Waals surface area contributed by atoms with Crippen LogP contribution in [0.2, 0.25) is 0 Å². The minimum atomic E-state index is -3.60. The molecule has 1 aliphatic rings. The first-order valence-corrected chi connectivity index (χ1v) is 8.30. The van der Waals surface area contributed by atoms with Crippen molar-refractivity contribution in [3.63, 3.8) is 0 Å². The molecule has 0 bridgehead atoms. The van der Waals surface area contributed by atoms with Gasteiger partial charge in [-0.2, -0.15) is 0 Å². The third-order valence-electron chi connectivity index (χ3n) is 3.55. The molecule has 114 valence electrons. The maximum Gasteiger partial charge on any atom is 0.291 e. The van der Waals surface area contributed by atoms with Gasteiger partial charge in [0, 0.05) is 13.0 Å². The van der Waals surface area contributed by atoms with Crippen LogP contribution in [0.25, 0.3) is 0 Å². The van der Waals surface area contributed by atoms with Crippen molar-refractivity contribution < 1.29 is 18.0 Å². The zero-order valence-corrected chi connectivity index (χ0v) is 12.6. The number of hydrogen-bond acceptors (Lipinski definition) is 4. The van der Waals surface area contributed by atoms with Gasteiger partial charge in [-0.25, -0.2) is 13.1 Å². The summed E-state index contributed by atoms with van der Waals surface area (Å²) in [6.45, 7) is 0.297. The summed E-state index contributed by atoms with van der Waals surface area (Å²) in [4.78, 5) is 25.4. The first-order chi connectivity index (χ1) is 9.95. The summed E-state index contributed by atoms with van der Waals surface area (Å²) in [5, 5.41) is -0.949. The van der Waals surface area contributed by atoms with E-state index in [1.165, 1.54) is 7.05 Å². The molecule has 1 N–H and O–H groups in total. The van der Waals surface area contributed by atoms with Gasteiger partial charge >= 0.3 is 0 Å². The summed E-state index contributed by atoms with van der Waals surface area (Å²) in [5.74, 6) is -1.31. The largest absolute Gasteiger partial charge is 0.318 e. The average molecular weight is 310 g/mol. The van der Waals surface area contributed by atoms with Crippen LogP contribution in [-0.2, 0) is 26.0 Å². The van der Waals surface area contributed by atoms with Gasteiger partial charge in [-0.15, -0.1) is 0 Å². The summed E-state index contributed by atoms with van der Waals surface area (Å²) in [7, 11) is -2.29. The van der Waals surface area contributed by atoms with E-state index in [1.54, 1.807) is 24.3 Å². The van der Waals surface area contributed by atoms with E-state index in [9.17, 15) is 18.0 Å². The number of amides is 1. The van der Waals surface area contributed by atoms with Crippen molar-refractivity contribution >= 4 is 21.7 Å². The molecule has 1 saturated heterocycles. The van der Waals surface area contributed by atoms with E-state index in [2.05, 4.69) is 4.72 Å². The predicted molar refractivity (Wildman–Crippen MR) is 77.9 cm³/mol. The minimum Gasteiger partial charge on any atom is -0.318 e. The number of likely N-dealkylation sites (tertiary alicyclic amines) is 1. The number of carbonyl (C=O) groups excluding carboxylic acids is 2. The van der Waals surface area contributed by atoms with E-state index < -0.39 is 27.1 Å². The van der Waals surface area contributed by atoms with Gasteiger partial charge in [0.2, 0.25) is 15.8 Å². The molecular weight excluding hydrogens is 292 g/mol. The molecule has 0 saturated carbocycles. The molecule has 0 radical (unpaired) electrons. The first-order valence-electron chi connectivity index (χ1n) is 6.76. The number of benzene rings is 1. The fraction of sp³-hybridized carbons (Fsp3) is 0.429. The average Bonchev–Trinajstić information content (AvgIpc) is 2.97. The van der Waals surface area contributed by atoms with Gasteiger partial charge in [0.1, 0.15) is 5.37 Å². The normalized spacial score (nSPS) is 18.7. The number of sulfonamides is 1. The lowest BCUT2D eigenvalue weighted by molar-refractivity contribution is -0.144. The molecule has 1 unspecified atom stereocenters. The Morgan fingerprint density at radius 3 is 2.57 bits per heavy atom. The van der Waals surface area contributed by atoms with E-state index in [0.29, 0.717) is 19.4 Å². The van der Waals surface area contributed by atoms with Gasteiger partial charge in [-0.05, 0) is 25.5 Å². The van der Waals surface area contributed by atoms with Crippen LogP contribution in [0.1, 0.15) is 18.4 Å². The van der Waals surface area contributed by atoms with E-state index in [-0.39, 0.29) is 6.42 Å². The lowest BCUT2D eigenvalue weighted by Gasteiger charge is -2.23. The number of nitrogens with zero attached hydrogens (tertiary/aromatic N) is 1. The molecule has 1 aliphatic heterocycles. The van der Waals surface area contributed by atoms with Crippen LogP contribution >= 0.6 is 0 Å². The Kier molecular flexibility index (Phi) is 4.74. The zero-order chi connectivity index (χ0) is 15.5. The Labute approximate surface area is 124 Å². The number of nitrogens with one attached hydrogen (secondary N) is 1. The van der Waals surface area contributed by atoms with Crippen molar-refractivity contribution in [1.82, 2.24) is 9.62 Å². The SMILES string of the molecule is CNS(=O)(=O)C1CCCN1C(=O)C(=O)Cc1ccccc1. The fourth-order valence-electron chi connectivity index (χ4n) is 2.44. The highest BCUT2D eigenvalue weighted by atomic mass is 32.2. The summed E-state index contributed by atoms with van der Waals surface area (Å²) in [6.07, 6.45) is 0.923. The third-order valence-corrected chi connectivity index (χ3v) is 5.32. The fourth-order valence-corrected chi connectivity index (χ4v) is 3.73. The van der Waals surface area contributed by atoms with Gasteiger partial charge < -0.3 is 4.90 Å². The van der Waals surface area contributed by atoms with Crippen LogP contribution in [-0.4, -0.2) is 44.0 Å². The molecule has 6 nitrogen and oxygen atoms in total. The van der Waals surface area contributed by atoms with Crippen molar-refractivity contribution in [2.75, 3.05) is 13.6 Å². The van der Waals surface area contributed by atoms with Gasteiger partial charge in [0.15, 0.2) is 0 Å². The van der Waals surface area contributed by atoms with Crippen LogP contribution in [0, 0.1) is 0 Å². The lowest BCUT2D eigenvalue weighted by atomic mass is 10.1. The van der Waals surface area contributed by atoms with Crippen LogP contribution in [0.4, 0.5) is 0 Å². The highest BCUT2D eigenvalue weighted by Crippen LogP contribution is 2.22. The summed E-state index contributed by atoms with van der Waals surface area (Å²) >= 11 is 0. The molecule has 1 fully saturated rings. The van der Waals surface area contributed by atoms with Gasteiger partial charge in [0.25, 0.3) is 5.91 Å². The highest BCUT2D eigenvalue weighted by molar-refractivity contribution is 7.90. The summed E-state index contributed by atoms with van der Waals surface area (Å²) < 4.78 is 26.0. The standard InChI is InChI=1S/C14H18N2O4S/c1-15-21(19,20)13-8-5-9-16(13)14(18)12(17)10-11-6-3-2-4-7-11/h2-4,6-7,13,15H,5,8-10H2,1H3. The number of Topliss-reactive ketones (excluding diaryl/α,β-unsaturated/α-hetero) is 1. The van der Waals surface area contributed by atoms with Crippen LogP contribution in [0.5, 0.6) is 0 Å². The second-order valence-electron chi connectivity index (χ2n) is 4.93. The molecule has 0 aliphatic carbocycles. The zero-order valence-electron chi connectivity index (χ0n) is 11.8. The van der Waals surface area contributed by atoms with Crippen molar-refractivity contribution in [1.29, 1.82) is 0 Å². The minimum absolute atomic E-state index is 0.0114. The maximum absolute atomic E-state index is 12.2. The topological polar surface area (TPSA) is 83.6 Å². The van der Waals surface area contributed by atoms with Gasteiger partial charge in [-0.1, -0.05) is 30.3 Å². The molecule has 7 heteroatoms. The summed E-state index contributed by atoms with van der Waals surface area (Å²) in [5.41, 5.74) is 0.739. The Bertz CT molecular complexity index is 628. The maximum atomic E-state index is 12.2. The molecular formula is C14H18N2O4S. The first kappa shape index (κ1) is 15.7. The molecule has 1 aromatic carbocycles. The van der Waals surface area contributed by atoms with Crippen molar-refractivity contribution in [2.24, 2.45) is 0 Å². The Morgan fingerprint density at radius 2 is 1.95 bits per heavy atom. The van der Waals surface area contributed by atoms with E-state index in [0.717, 1.165) is 10.5 Å². The number of rotatable bonds is 5. The lowest BCUT2D eigenvalue weighted by Crippen LogP contribution is -2.47. The van der Waals surface area contributed by atoms with Crippen molar-refractivity contribution in [2.45, 2.75) is 24.6 Å². The molecule has 1 amide bonds. The Hall–Kier alpha value is -1.73. The van der Waals surface area contributed by atoms with E-state index in [1.807, 2.05) is 6.07 Å². The van der Waals surface area contributed by atoms with E-state index in [4.69, 9.17) is 0 Å². The number of hydrogen-bond donors (Lipinski definition) is 1. The second kappa shape index (κ2) is 6.36. The van der Waals surface area contributed by atoms with Crippen LogP contribution < -0.4 is 4.72 Å². The van der Waals surface area contributed by atoms with Crippen LogP contribution in [0.15, 0.2) is 30.3 Å².